The van der Waals surface area contributed by atoms with E-state index >= 15 is 0 Å². The van der Waals surface area contributed by atoms with E-state index < -0.39 is 0 Å². The van der Waals surface area contributed by atoms with E-state index in [2.05, 4.69) is 19.2 Å². The van der Waals surface area contributed by atoms with Crippen LogP contribution >= 0.6 is 0 Å². The normalized spacial score (nSPS) is 25.9. The molecule has 1 unspecified atom stereocenters. The van der Waals surface area contributed by atoms with E-state index in [9.17, 15) is 0 Å². The summed E-state index contributed by atoms with van der Waals surface area (Å²) in [6.07, 6.45) is 6.86. The van der Waals surface area contributed by atoms with Gasteiger partial charge in [0.05, 0.1) is 0 Å². The molecule has 1 saturated heterocycles. The van der Waals surface area contributed by atoms with Crippen LogP contribution in [0.3, 0.4) is 0 Å². The molecular formula is C10H20N. The molecule has 1 atom stereocenters. The Morgan fingerprint density at radius 2 is 2.18 bits per heavy atom. The van der Waals surface area contributed by atoms with Crippen LogP contribution < -0.4 is 5.32 Å². The molecule has 1 nitrogen and oxygen atoms in total. The number of rotatable bonds is 3. The van der Waals surface area contributed by atoms with Gasteiger partial charge in [-0.15, -0.1) is 0 Å². The summed E-state index contributed by atoms with van der Waals surface area (Å²) in [7, 11) is 0. The van der Waals surface area contributed by atoms with Gasteiger partial charge in [0.1, 0.15) is 0 Å². The van der Waals surface area contributed by atoms with Gasteiger partial charge < -0.3 is 5.32 Å². The molecule has 0 aliphatic carbocycles. The molecule has 65 valence electrons. The summed E-state index contributed by atoms with van der Waals surface area (Å²) in [6, 6.07) is 0.818. The molecule has 1 N–H and O–H groups in total. The second-order valence-corrected chi connectivity index (χ2v) is 3.89. The lowest BCUT2D eigenvalue weighted by Crippen LogP contribution is -2.33. The lowest BCUT2D eigenvalue weighted by Gasteiger charge is -2.23. The third-order valence-electron chi connectivity index (χ3n) is 2.41. The van der Waals surface area contributed by atoms with Crippen LogP contribution in [0.2, 0.25) is 0 Å². The van der Waals surface area contributed by atoms with E-state index in [1.807, 2.05) is 0 Å². The first kappa shape index (κ1) is 9.05. The topological polar surface area (TPSA) is 12.0 Å². The molecule has 1 rings (SSSR count). The van der Waals surface area contributed by atoms with Gasteiger partial charge in [-0.2, -0.15) is 0 Å². The zero-order chi connectivity index (χ0) is 8.10. The summed E-state index contributed by atoms with van der Waals surface area (Å²) < 4.78 is 0. The number of hydrogen-bond donors (Lipinski definition) is 1. The first-order valence-electron chi connectivity index (χ1n) is 4.81. The maximum absolute atomic E-state index is 3.56. The van der Waals surface area contributed by atoms with Crippen LogP contribution in [0.4, 0.5) is 0 Å². The Kier molecular flexibility index (Phi) is 3.92. The summed E-state index contributed by atoms with van der Waals surface area (Å²) >= 11 is 0. The predicted octanol–water partition coefficient (Wildman–Crippen LogP) is 2.52. The summed E-state index contributed by atoms with van der Waals surface area (Å²) in [4.78, 5) is 0. The van der Waals surface area contributed by atoms with E-state index in [0.29, 0.717) is 0 Å². The van der Waals surface area contributed by atoms with E-state index in [0.717, 1.165) is 6.04 Å². The Hall–Kier alpha value is -0.0400. The molecule has 1 heteroatoms. The van der Waals surface area contributed by atoms with Crippen molar-refractivity contribution in [1.29, 1.82) is 0 Å². The molecule has 0 spiro atoms. The van der Waals surface area contributed by atoms with Crippen molar-refractivity contribution < 1.29 is 0 Å². The zero-order valence-electron chi connectivity index (χ0n) is 7.82. The Labute approximate surface area is 70.6 Å². The molecule has 1 heterocycles. The fraction of sp³-hybridized carbons (Fsp3) is 0.900. The third-order valence-corrected chi connectivity index (χ3v) is 2.41. The fourth-order valence-corrected chi connectivity index (χ4v) is 1.63. The van der Waals surface area contributed by atoms with Crippen molar-refractivity contribution in [2.75, 3.05) is 6.54 Å². The van der Waals surface area contributed by atoms with Gasteiger partial charge in [0.2, 0.25) is 0 Å². The molecule has 0 saturated carbocycles. The fourth-order valence-electron chi connectivity index (χ4n) is 1.63. The predicted molar refractivity (Wildman–Crippen MR) is 49.5 cm³/mol. The molecule has 0 bridgehead atoms. The van der Waals surface area contributed by atoms with Gasteiger partial charge in [0.15, 0.2) is 0 Å². The van der Waals surface area contributed by atoms with Gasteiger partial charge in [0, 0.05) is 6.04 Å². The minimum Gasteiger partial charge on any atom is -0.314 e. The molecule has 0 amide bonds. The van der Waals surface area contributed by atoms with Gasteiger partial charge in [-0.25, -0.2) is 0 Å². The molecule has 0 aromatic carbocycles. The minimum atomic E-state index is 0.818. The van der Waals surface area contributed by atoms with Crippen molar-refractivity contribution in [3.8, 4) is 0 Å². The van der Waals surface area contributed by atoms with Gasteiger partial charge in [0.25, 0.3) is 0 Å². The maximum Gasteiger partial charge on any atom is 0.00672 e. The van der Waals surface area contributed by atoms with E-state index in [4.69, 9.17) is 0 Å². The highest BCUT2D eigenvalue weighted by atomic mass is 14.9. The van der Waals surface area contributed by atoms with Crippen molar-refractivity contribution >= 4 is 0 Å². The molecule has 1 aliphatic rings. The number of nitrogens with one attached hydrogen (secondary N) is 1. The molecule has 1 aliphatic heterocycles. The van der Waals surface area contributed by atoms with E-state index in [1.54, 1.807) is 5.92 Å². The van der Waals surface area contributed by atoms with Crippen molar-refractivity contribution in [3.63, 3.8) is 0 Å². The monoisotopic (exact) mass is 154 g/mol. The Morgan fingerprint density at radius 1 is 1.36 bits per heavy atom. The zero-order valence-corrected chi connectivity index (χ0v) is 7.82. The van der Waals surface area contributed by atoms with Crippen LogP contribution in [0, 0.1) is 5.92 Å². The summed E-state index contributed by atoms with van der Waals surface area (Å²) in [6.45, 7) is 5.69. The van der Waals surface area contributed by atoms with Crippen molar-refractivity contribution in [2.24, 2.45) is 0 Å². The smallest absolute Gasteiger partial charge is 0.00672 e. The SMILES string of the molecule is C[C](C)CCC1CCCCN1. The van der Waals surface area contributed by atoms with Crippen LogP contribution in [0.5, 0.6) is 0 Å². The highest BCUT2D eigenvalue weighted by Gasteiger charge is 2.11. The standard InChI is InChI=1S/C10H20N/c1-9(2)6-7-10-5-3-4-8-11-10/h10-11H,3-8H2,1-2H3. The van der Waals surface area contributed by atoms with Crippen molar-refractivity contribution in [2.45, 2.75) is 52.0 Å². The number of piperidine rings is 1. The quantitative estimate of drug-likeness (QED) is 0.658. The van der Waals surface area contributed by atoms with Crippen LogP contribution in [0.1, 0.15) is 46.0 Å². The molecule has 0 aromatic rings. The lowest BCUT2D eigenvalue weighted by molar-refractivity contribution is 0.378. The highest BCUT2D eigenvalue weighted by molar-refractivity contribution is 4.81. The summed E-state index contributed by atoms with van der Waals surface area (Å²) in [5, 5.41) is 3.56. The van der Waals surface area contributed by atoms with Gasteiger partial charge >= 0.3 is 0 Å². The van der Waals surface area contributed by atoms with Crippen LogP contribution in [-0.2, 0) is 0 Å². The average Bonchev–Trinajstić information content (AvgIpc) is 2.03. The Bertz CT molecular complexity index is 93.0. The first-order valence-corrected chi connectivity index (χ1v) is 4.81. The molecule has 11 heavy (non-hydrogen) atoms. The Balaban J connectivity index is 2.05. The highest BCUT2D eigenvalue weighted by Crippen LogP contribution is 2.15. The summed E-state index contributed by atoms with van der Waals surface area (Å²) in [5.74, 6) is 1.57. The third kappa shape index (κ3) is 3.76. The van der Waals surface area contributed by atoms with Gasteiger partial charge in [-0.3, -0.25) is 0 Å². The number of hydrogen-bond acceptors (Lipinski definition) is 1. The molecule has 1 fully saturated rings. The average molecular weight is 154 g/mol. The van der Waals surface area contributed by atoms with Crippen LogP contribution in [0.15, 0.2) is 0 Å². The molecule has 1 radical (unpaired) electrons. The Morgan fingerprint density at radius 3 is 2.73 bits per heavy atom. The van der Waals surface area contributed by atoms with Crippen LogP contribution in [0.25, 0.3) is 0 Å². The second kappa shape index (κ2) is 4.76. The molecule has 0 aromatic heterocycles. The molecular weight excluding hydrogens is 134 g/mol. The van der Waals surface area contributed by atoms with Gasteiger partial charge in [-0.05, 0) is 38.1 Å². The van der Waals surface area contributed by atoms with E-state index in [1.165, 1.54) is 38.6 Å². The van der Waals surface area contributed by atoms with Crippen LogP contribution in [-0.4, -0.2) is 12.6 Å². The second-order valence-electron chi connectivity index (χ2n) is 3.89. The lowest BCUT2D eigenvalue weighted by atomic mass is 9.97. The maximum atomic E-state index is 3.56. The van der Waals surface area contributed by atoms with Crippen molar-refractivity contribution in [1.82, 2.24) is 5.32 Å². The van der Waals surface area contributed by atoms with Crippen molar-refractivity contribution in [3.05, 3.63) is 5.92 Å². The minimum absolute atomic E-state index is 0.818. The largest absolute Gasteiger partial charge is 0.314 e. The summed E-state index contributed by atoms with van der Waals surface area (Å²) in [5.41, 5.74) is 0. The van der Waals surface area contributed by atoms with E-state index in [-0.39, 0.29) is 0 Å². The van der Waals surface area contributed by atoms with Gasteiger partial charge in [-0.1, -0.05) is 20.3 Å². The first-order chi connectivity index (χ1) is 5.29.